The van der Waals surface area contributed by atoms with E-state index in [-0.39, 0.29) is 30.7 Å². The van der Waals surface area contributed by atoms with Gasteiger partial charge in [0.05, 0.1) is 17.7 Å². The van der Waals surface area contributed by atoms with Gasteiger partial charge in [0, 0.05) is 18.5 Å². The van der Waals surface area contributed by atoms with Crippen LogP contribution in [0.3, 0.4) is 0 Å². The Balaban J connectivity index is 2.05. The third kappa shape index (κ3) is 7.49. The molecule has 0 saturated heterocycles. The monoisotopic (exact) mass is 549 g/mol. The second-order valence-corrected chi connectivity index (χ2v) is 8.58. The number of nitrogens with zero attached hydrogens (tertiary/aromatic N) is 1. The van der Waals surface area contributed by atoms with E-state index in [0.29, 0.717) is 17.0 Å². The maximum absolute atomic E-state index is 13.3. The van der Waals surface area contributed by atoms with Gasteiger partial charge in [0.15, 0.2) is 0 Å². The van der Waals surface area contributed by atoms with Gasteiger partial charge in [-0.1, -0.05) is 66.7 Å². The highest BCUT2D eigenvalue weighted by atomic mass is 19.4. The van der Waals surface area contributed by atoms with Crippen LogP contribution in [-0.2, 0) is 21.9 Å². The molecule has 0 atom stereocenters. The van der Waals surface area contributed by atoms with E-state index in [1.54, 1.807) is 0 Å². The van der Waals surface area contributed by atoms with Gasteiger partial charge in [0.25, 0.3) is 5.91 Å². The van der Waals surface area contributed by atoms with E-state index in [4.69, 9.17) is 4.74 Å². The summed E-state index contributed by atoms with van der Waals surface area (Å²) in [6.07, 6.45) is -8.68. The van der Waals surface area contributed by atoms with Gasteiger partial charge in [-0.15, -0.1) is 0 Å². The molecule has 0 aromatic heterocycles. The maximum Gasteiger partial charge on any atom is 0.416 e. The van der Waals surface area contributed by atoms with Crippen LogP contribution in [0.25, 0.3) is 0 Å². The van der Waals surface area contributed by atoms with Crippen molar-refractivity contribution >= 4 is 11.9 Å². The SMILES string of the molecule is CCOC(=O)C(=CCC(c1ccccc1)c1ccccc1)N(C)C(=O)c1cc(C(F)(F)F)cc(C(F)(F)F)c1. The van der Waals surface area contributed by atoms with Crippen molar-refractivity contribution in [2.24, 2.45) is 0 Å². The molecular weight excluding hydrogens is 524 g/mol. The van der Waals surface area contributed by atoms with E-state index in [2.05, 4.69) is 0 Å². The predicted molar refractivity (Wildman–Crippen MR) is 133 cm³/mol. The van der Waals surface area contributed by atoms with Gasteiger partial charge >= 0.3 is 18.3 Å². The number of allylic oxidation sites excluding steroid dienone is 1. The van der Waals surface area contributed by atoms with Crippen LogP contribution in [-0.4, -0.2) is 30.4 Å². The number of hydrogen-bond donors (Lipinski definition) is 0. The lowest BCUT2D eigenvalue weighted by Gasteiger charge is -2.22. The zero-order valence-corrected chi connectivity index (χ0v) is 21.0. The third-order valence-corrected chi connectivity index (χ3v) is 5.94. The van der Waals surface area contributed by atoms with Gasteiger partial charge in [0.1, 0.15) is 5.70 Å². The molecule has 0 heterocycles. The van der Waals surface area contributed by atoms with Crippen LogP contribution in [0, 0.1) is 0 Å². The molecule has 39 heavy (non-hydrogen) atoms. The molecule has 0 aliphatic carbocycles. The minimum absolute atomic E-state index is 0.0663. The molecular formula is C29H25F6NO3. The standard InChI is InChI=1S/C29H25F6NO3/c1-3-39-27(38)25(15-14-24(19-10-6-4-7-11-19)20-12-8-5-9-13-20)36(2)26(37)21-16-22(28(30,31)32)18-23(17-21)29(33,34)35/h4-13,15-18,24H,3,14H2,1-2H3. The molecule has 1 amide bonds. The molecule has 0 saturated carbocycles. The molecule has 3 aromatic rings. The van der Waals surface area contributed by atoms with Crippen LogP contribution in [0.1, 0.15) is 51.9 Å². The third-order valence-electron chi connectivity index (χ3n) is 5.94. The van der Waals surface area contributed by atoms with Crippen molar-refractivity contribution < 1.29 is 40.7 Å². The van der Waals surface area contributed by atoms with Crippen molar-refractivity contribution in [3.8, 4) is 0 Å². The number of carbonyl (C=O) groups is 2. The average molecular weight is 550 g/mol. The molecule has 0 radical (unpaired) electrons. The topological polar surface area (TPSA) is 46.6 Å². The van der Waals surface area contributed by atoms with Gasteiger partial charge in [-0.3, -0.25) is 4.79 Å². The van der Waals surface area contributed by atoms with Crippen LogP contribution in [0.2, 0.25) is 0 Å². The highest BCUT2D eigenvalue weighted by Gasteiger charge is 2.38. The van der Waals surface area contributed by atoms with Gasteiger partial charge in [-0.25, -0.2) is 4.79 Å². The number of ether oxygens (including phenoxy) is 1. The molecule has 3 rings (SSSR count). The highest BCUT2D eigenvalue weighted by Crippen LogP contribution is 2.37. The number of esters is 1. The van der Waals surface area contributed by atoms with Gasteiger partial charge in [0.2, 0.25) is 0 Å². The summed E-state index contributed by atoms with van der Waals surface area (Å²) in [5, 5.41) is 0. The first-order chi connectivity index (χ1) is 18.3. The Morgan fingerprint density at radius 1 is 0.821 bits per heavy atom. The maximum atomic E-state index is 13.3. The lowest BCUT2D eigenvalue weighted by molar-refractivity contribution is -0.143. The Labute approximate surface area is 221 Å². The van der Waals surface area contributed by atoms with E-state index in [1.165, 1.54) is 13.0 Å². The molecule has 4 nitrogen and oxygen atoms in total. The van der Waals surface area contributed by atoms with Crippen LogP contribution in [0.15, 0.2) is 90.6 Å². The molecule has 0 N–H and O–H groups in total. The van der Waals surface area contributed by atoms with Crippen LogP contribution in [0.4, 0.5) is 26.3 Å². The summed E-state index contributed by atoms with van der Waals surface area (Å²) >= 11 is 0. The lowest BCUT2D eigenvalue weighted by Crippen LogP contribution is -2.32. The van der Waals surface area contributed by atoms with E-state index >= 15 is 0 Å². The summed E-state index contributed by atoms with van der Waals surface area (Å²) in [5.74, 6) is -2.45. The van der Waals surface area contributed by atoms with Crippen molar-refractivity contribution in [2.75, 3.05) is 13.7 Å². The Bertz CT molecular complexity index is 1250. The Morgan fingerprint density at radius 2 is 1.28 bits per heavy atom. The first-order valence-corrected chi connectivity index (χ1v) is 11.9. The summed E-state index contributed by atoms with van der Waals surface area (Å²) in [4.78, 5) is 26.7. The summed E-state index contributed by atoms with van der Waals surface area (Å²) in [6.45, 7) is 1.46. The van der Waals surface area contributed by atoms with Crippen molar-refractivity contribution in [3.05, 3.63) is 118 Å². The zero-order chi connectivity index (χ0) is 28.8. The summed E-state index contributed by atoms with van der Waals surface area (Å²) < 4.78 is 85.1. The zero-order valence-electron chi connectivity index (χ0n) is 21.0. The number of benzene rings is 3. The summed E-state index contributed by atoms with van der Waals surface area (Å²) in [6, 6.07) is 19.1. The van der Waals surface area contributed by atoms with Crippen LogP contribution in [0.5, 0.6) is 0 Å². The smallest absolute Gasteiger partial charge is 0.416 e. The van der Waals surface area contributed by atoms with Crippen LogP contribution < -0.4 is 0 Å². The quantitative estimate of drug-likeness (QED) is 0.166. The van der Waals surface area contributed by atoms with E-state index in [9.17, 15) is 35.9 Å². The molecule has 0 unspecified atom stereocenters. The molecule has 0 aliphatic rings. The normalized spacial score (nSPS) is 12.4. The van der Waals surface area contributed by atoms with E-state index in [0.717, 1.165) is 18.2 Å². The fourth-order valence-electron chi connectivity index (χ4n) is 4.01. The molecule has 10 heteroatoms. The Kier molecular flexibility index (Phi) is 9.21. The highest BCUT2D eigenvalue weighted by molar-refractivity contribution is 6.01. The second kappa shape index (κ2) is 12.2. The largest absolute Gasteiger partial charge is 0.461 e. The van der Waals surface area contributed by atoms with E-state index in [1.807, 2.05) is 60.7 Å². The number of alkyl halides is 6. The Hall–Kier alpha value is -4.08. The number of carbonyl (C=O) groups excluding carboxylic acids is 2. The minimum atomic E-state index is -5.13. The van der Waals surface area contributed by atoms with Gasteiger partial charge in [-0.2, -0.15) is 26.3 Å². The predicted octanol–water partition coefficient (Wildman–Crippen LogP) is 7.47. The lowest BCUT2D eigenvalue weighted by atomic mass is 9.88. The Morgan fingerprint density at radius 3 is 1.69 bits per heavy atom. The number of hydrogen-bond acceptors (Lipinski definition) is 3. The van der Waals surface area contributed by atoms with Gasteiger partial charge < -0.3 is 9.64 Å². The molecule has 3 aromatic carbocycles. The fraction of sp³-hybridized carbons (Fsp3) is 0.241. The molecule has 0 aliphatic heterocycles. The molecule has 0 spiro atoms. The second-order valence-electron chi connectivity index (χ2n) is 8.58. The van der Waals surface area contributed by atoms with Crippen molar-refractivity contribution in [1.82, 2.24) is 4.90 Å². The van der Waals surface area contributed by atoms with Crippen molar-refractivity contribution in [2.45, 2.75) is 31.6 Å². The molecule has 206 valence electrons. The first-order valence-electron chi connectivity index (χ1n) is 11.9. The summed E-state index contributed by atoms with van der Waals surface area (Å²) in [5.41, 5.74) is -2.68. The number of amides is 1. The van der Waals surface area contributed by atoms with E-state index < -0.39 is 40.9 Å². The molecule has 0 fully saturated rings. The first kappa shape index (κ1) is 29.5. The van der Waals surface area contributed by atoms with Crippen molar-refractivity contribution in [3.63, 3.8) is 0 Å². The average Bonchev–Trinajstić information content (AvgIpc) is 2.90. The molecule has 0 bridgehead atoms. The number of rotatable bonds is 8. The van der Waals surface area contributed by atoms with Crippen molar-refractivity contribution in [1.29, 1.82) is 0 Å². The summed E-state index contributed by atoms with van der Waals surface area (Å²) in [7, 11) is 1.10. The minimum Gasteiger partial charge on any atom is -0.461 e. The fourth-order valence-corrected chi connectivity index (χ4v) is 4.01. The number of likely N-dealkylation sites (N-methyl/N-ethyl adjacent to an activating group) is 1. The van der Waals surface area contributed by atoms with Gasteiger partial charge in [-0.05, 0) is 42.7 Å². The van der Waals surface area contributed by atoms with Crippen LogP contribution >= 0.6 is 0 Å². The number of halogens is 6.